The summed E-state index contributed by atoms with van der Waals surface area (Å²) in [4.78, 5) is 0.566. The number of hydrogen-bond donors (Lipinski definition) is 0. The second kappa shape index (κ2) is 5.57. The first-order valence-electron chi connectivity index (χ1n) is 3.03. The Morgan fingerprint density at radius 2 is 2.25 bits per heavy atom. The Labute approximate surface area is 59.2 Å². The van der Waals surface area contributed by atoms with Gasteiger partial charge in [0.15, 0.2) is 0 Å². The summed E-state index contributed by atoms with van der Waals surface area (Å²) in [5, 5.41) is 9.93. The molecule has 0 aliphatic heterocycles. The number of alkyl halides is 1. The Morgan fingerprint density at radius 3 is 2.62 bits per heavy atom. The first kappa shape index (κ1) is 8.44. The minimum atomic E-state index is 0.0715. The standard InChI is InChI=1S/C6H12BrO/c1-2-6(7)4-3-5-8/h6H,2-5H2,1H3. The molecule has 1 atom stereocenters. The van der Waals surface area contributed by atoms with E-state index in [4.69, 9.17) is 0 Å². The molecule has 0 saturated heterocycles. The van der Waals surface area contributed by atoms with E-state index in [9.17, 15) is 5.11 Å². The fourth-order valence-corrected chi connectivity index (χ4v) is 0.833. The van der Waals surface area contributed by atoms with E-state index in [1.807, 2.05) is 0 Å². The van der Waals surface area contributed by atoms with Gasteiger partial charge in [0, 0.05) is 4.83 Å². The SMILES string of the molecule is CCC(Br)CCC[O]. The molecule has 0 aromatic heterocycles. The van der Waals surface area contributed by atoms with E-state index in [1.165, 1.54) is 0 Å². The van der Waals surface area contributed by atoms with Crippen LogP contribution in [0.5, 0.6) is 0 Å². The molecule has 0 aliphatic rings. The lowest BCUT2D eigenvalue weighted by Crippen LogP contribution is -1.95. The molecule has 0 aromatic rings. The monoisotopic (exact) mass is 179 g/mol. The summed E-state index contributed by atoms with van der Waals surface area (Å²) in [7, 11) is 0. The Kier molecular flexibility index (Phi) is 5.88. The number of hydrogen-bond acceptors (Lipinski definition) is 0. The van der Waals surface area contributed by atoms with Crippen molar-refractivity contribution in [3.05, 3.63) is 0 Å². The fraction of sp³-hybridized carbons (Fsp3) is 1.00. The molecule has 0 bridgehead atoms. The molecule has 1 unspecified atom stereocenters. The average molecular weight is 180 g/mol. The van der Waals surface area contributed by atoms with Gasteiger partial charge >= 0.3 is 0 Å². The normalized spacial score (nSPS) is 13.9. The maximum Gasteiger partial charge on any atom is 0.0822 e. The molecule has 1 radical (unpaired) electrons. The molecule has 0 heterocycles. The first-order chi connectivity index (χ1) is 3.81. The van der Waals surface area contributed by atoms with Gasteiger partial charge in [0.1, 0.15) is 0 Å². The van der Waals surface area contributed by atoms with Crippen molar-refractivity contribution in [3.63, 3.8) is 0 Å². The summed E-state index contributed by atoms with van der Waals surface area (Å²) in [5.74, 6) is 0. The van der Waals surface area contributed by atoms with Crippen LogP contribution < -0.4 is 0 Å². The van der Waals surface area contributed by atoms with Crippen LogP contribution in [0.4, 0.5) is 0 Å². The quantitative estimate of drug-likeness (QED) is 0.592. The third kappa shape index (κ3) is 4.60. The molecule has 0 fully saturated rings. The molecule has 0 rings (SSSR count). The Bertz CT molecular complexity index is 47.8. The van der Waals surface area contributed by atoms with Crippen LogP contribution in [-0.2, 0) is 5.11 Å². The second-order valence-electron chi connectivity index (χ2n) is 1.85. The van der Waals surface area contributed by atoms with E-state index in [-0.39, 0.29) is 6.61 Å². The van der Waals surface area contributed by atoms with E-state index in [1.54, 1.807) is 0 Å². The van der Waals surface area contributed by atoms with Gasteiger partial charge in [-0.05, 0) is 19.3 Å². The third-order valence-corrected chi connectivity index (χ3v) is 2.21. The minimum Gasteiger partial charge on any atom is -0.237 e. The zero-order chi connectivity index (χ0) is 6.41. The van der Waals surface area contributed by atoms with Crippen molar-refractivity contribution < 1.29 is 5.11 Å². The Morgan fingerprint density at radius 1 is 1.62 bits per heavy atom. The zero-order valence-corrected chi connectivity index (χ0v) is 6.78. The first-order valence-corrected chi connectivity index (χ1v) is 3.95. The minimum absolute atomic E-state index is 0.0715. The molecular formula is C6H12BrO. The highest BCUT2D eigenvalue weighted by molar-refractivity contribution is 9.09. The van der Waals surface area contributed by atoms with E-state index < -0.39 is 0 Å². The van der Waals surface area contributed by atoms with Crippen molar-refractivity contribution >= 4 is 15.9 Å². The highest BCUT2D eigenvalue weighted by Crippen LogP contribution is 2.10. The van der Waals surface area contributed by atoms with E-state index >= 15 is 0 Å². The molecule has 0 saturated carbocycles. The Balaban J connectivity index is 2.86. The molecule has 0 aromatic carbocycles. The molecule has 0 amide bonds. The lowest BCUT2D eigenvalue weighted by Gasteiger charge is -2.01. The summed E-state index contributed by atoms with van der Waals surface area (Å²) in [6.45, 7) is 2.19. The van der Waals surface area contributed by atoms with Crippen LogP contribution in [-0.4, -0.2) is 11.4 Å². The lowest BCUT2D eigenvalue weighted by molar-refractivity contribution is 0.186. The van der Waals surface area contributed by atoms with Crippen molar-refractivity contribution in [2.45, 2.75) is 31.0 Å². The summed E-state index contributed by atoms with van der Waals surface area (Å²) >= 11 is 3.44. The molecule has 0 spiro atoms. The molecule has 0 aliphatic carbocycles. The molecule has 8 heavy (non-hydrogen) atoms. The lowest BCUT2D eigenvalue weighted by atomic mass is 10.2. The molecular weight excluding hydrogens is 168 g/mol. The van der Waals surface area contributed by atoms with Crippen molar-refractivity contribution in [1.29, 1.82) is 0 Å². The van der Waals surface area contributed by atoms with Crippen molar-refractivity contribution in [1.82, 2.24) is 0 Å². The molecule has 1 nitrogen and oxygen atoms in total. The van der Waals surface area contributed by atoms with Crippen molar-refractivity contribution in [2.24, 2.45) is 0 Å². The van der Waals surface area contributed by atoms with Crippen LogP contribution in [0, 0.1) is 0 Å². The highest BCUT2D eigenvalue weighted by Gasteiger charge is 1.97. The summed E-state index contributed by atoms with van der Waals surface area (Å²) in [6.07, 6.45) is 2.96. The van der Waals surface area contributed by atoms with Gasteiger partial charge in [-0.2, -0.15) is 0 Å². The van der Waals surface area contributed by atoms with Gasteiger partial charge in [0.2, 0.25) is 0 Å². The van der Waals surface area contributed by atoms with Gasteiger partial charge in [-0.25, -0.2) is 5.11 Å². The van der Waals surface area contributed by atoms with Gasteiger partial charge in [-0.1, -0.05) is 22.9 Å². The second-order valence-corrected chi connectivity index (χ2v) is 3.15. The van der Waals surface area contributed by atoms with Gasteiger partial charge < -0.3 is 0 Å². The maximum atomic E-state index is 9.93. The van der Waals surface area contributed by atoms with Crippen molar-refractivity contribution in [3.8, 4) is 0 Å². The maximum absolute atomic E-state index is 9.93. The molecule has 2 heteroatoms. The zero-order valence-electron chi connectivity index (χ0n) is 5.19. The molecule has 49 valence electrons. The predicted octanol–water partition coefficient (Wildman–Crippen LogP) is 2.37. The smallest absolute Gasteiger partial charge is 0.0822 e. The van der Waals surface area contributed by atoms with Crippen LogP contribution in [0.15, 0.2) is 0 Å². The van der Waals surface area contributed by atoms with Crippen LogP contribution in [0.25, 0.3) is 0 Å². The van der Waals surface area contributed by atoms with Crippen LogP contribution >= 0.6 is 15.9 Å². The Hall–Kier alpha value is 0.440. The topological polar surface area (TPSA) is 19.9 Å². The van der Waals surface area contributed by atoms with Crippen LogP contribution in [0.1, 0.15) is 26.2 Å². The number of rotatable bonds is 4. The highest BCUT2D eigenvalue weighted by atomic mass is 79.9. The van der Waals surface area contributed by atoms with E-state index in [2.05, 4.69) is 22.9 Å². The van der Waals surface area contributed by atoms with Gasteiger partial charge in [-0.15, -0.1) is 0 Å². The summed E-state index contributed by atoms with van der Waals surface area (Å²) in [6, 6.07) is 0. The van der Waals surface area contributed by atoms with E-state index in [0.29, 0.717) is 4.83 Å². The third-order valence-electron chi connectivity index (χ3n) is 1.10. The van der Waals surface area contributed by atoms with Crippen LogP contribution in [0.2, 0.25) is 0 Å². The fourth-order valence-electron chi connectivity index (χ4n) is 0.509. The van der Waals surface area contributed by atoms with Gasteiger partial charge in [0.25, 0.3) is 0 Å². The predicted molar refractivity (Wildman–Crippen MR) is 37.8 cm³/mol. The number of halogens is 1. The summed E-state index contributed by atoms with van der Waals surface area (Å²) in [5.41, 5.74) is 0. The van der Waals surface area contributed by atoms with Gasteiger partial charge in [0.05, 0.1) is 6.61 Å². The van der Waals surface area contributed by atoms with Crippen molar-refractivity contribution in [2.75, 3.05) is 6.61 Å². The van der Waals surface area contributed by atoms with E-state index in [0.717, 1.165) is 19.3 Å². The van der Waals surface area contributed by atoms with Gasteiger partial charge in [-0.3, -0.25) is 0 Å². The average Bonchev–Trinajstić information content (AvgIpc) is 1.83. The largest absolute Gasteiger partial charge is 0.237 e. The van der Waals surface area contributed by atoms with Crippen LogP contribution in [0.3, 0.4) is 0 Å². The molecule has 0 N–H and O–H groups in total. The summed E-state index contributed by atoms with van der Waals surface area (Å²) < 4.78 is 0.